The molecule has 0 bridgehead atoms. The molecule has 11 heavy (non-hydrogen) atoms. The molecular formula is C9H6N2. The average Bonchev–Trinajstić information content (AvgIpc) is 2.47. The molecule has 2 nitrogen and oxygen atoms in total. The van der Waals surface area contributed by atoms with Crippen molar-refractivity contribution in [1.29, 1.82) is 0 Å². The van der Waals surface area contributed by atoms with E-state index in [0.29, 0.717) is 0 Å². The lowest BCUT2D eigenvalue weighted by Crippen LogP contribution is -1.73. The zero-order valence-electron chi connectivity index (χ0n) is 5.83. The number of nitrogens with one attached hydrogen (secondary N) is 1. The highest BCUT2D eigenvalue weighted by Crippen LogP contribution is 2.12. The molecule has 2 rings (SSSR count). The first-order valence-electron chi connectivity index (χ1n) is 3.30. The summed E-state index contributed by atoms with van der Waals surface area (Å²) in [7, 11) is 0. The van der Waals surface area contributed by atoms with Crippen LogP contribution < -0.4 is 0 Å². The Balaban J connectivity index is 2.89. The van der Waals surface area contributed by atoms with Gasteiger partial charge in [-0.15, -0.1) is 6.42 Å². The lowest BCUT2D eigenvalue weighted by molar-refractivity contribution is 1.41. The lowest BCUT2D eigenvalue weighted by atomic mass is 10.3. The summed E-state index contributed by atoms with van der Waals surface area (Å²) in [5.74, 6) is 2.56. The second-order valence-corrected chi connectivity index (χ2v) is 2.25. The molecule has 0 saturated heterocycles. The number of aromatic nitrogens is 2. The minimum absolute atomic E-state index is 0.820. The highest BCUT2D eigenvalue weighted by atomic mass is 14.8. The summed E-state index contributed by atoms with van der Waals surface area (Å²) in [5, 5.41) is 0. The van der Waals surface area contributed by atoms with Crippen LogP contribution >= 0.6 is 0 Å². The van der Waals surface area contributed by atoms with Crippen LogP contribution in [0.1, 0.15) is 5.56 Å². The Bertz CT molecular complexity index is 420. The van der Waals surface area contributed by atoms with Gasteiger partial charge in [0.1, 0.15) is 5.52 Å². The minimum atomic E-state index is 0.820. The summed E-state index contributed by atoms with van der Waals surface area (Å²) in [4.78, 5) is 7.17. The summed E-state index contributed by atoms with van der Waals surface area (Å²) in [6.07, 6.45) is 8.77. The Morgan fingerprint density at radius 3 is 3.27 bits per heavy atom. The molecule has 0 fully saturated rings. The smallest absolute Gasteiger partial charge is 0.103 e. The lowest BCUT2D eigenvalue weighted by Gasteiger charge is -1.85. The molecule has 0 amide bonds. The predicted octanol–water partition coefficient (Wildman–Crippen LogP) is 1.54. The zero-order chi connectivity index (χ0) is 7.68. The first-order chi connectivity index (χ1) is 5.42. The number of hydrogen-bond acceptors (Lipinski definition) is 1. The van der Waals surface area contributed by atoms with Gasteiger partial charge in [-0.05, 0) is 12.1 Å². The third-order valence-electron chi connectivity index (χ3n) is 1.59. The molecule has 0 aromatic carbocycles. The summed E-state index contributed by atoms with van der Waals surface area (Å²) in [6, 6.07) is 3.82. The van der Waals surface area contributed by atoms with Gasteiger partial charge in [-0.1, -0.05) is 5.92 Å². The summed E-state index contributed by atoms with van der Waals surface area (Å²) < 4.78 is 0. The van der Waals surface area contributed by atoms with Crippen LogP contribution in [0.5, 0.6) is 0 Å². The zero-order valence-corrected chi connectivity index (χ0v) is 5.83. The molecule has 2 heteroatoms. The van der Waals surface area contributed by atoms with E-state index >= 15 is 0 Å². The monoisotopic (exact) mass is 142 g/mol. The van der Waals surface area contributed by atoms with Crippen LogP contribution in [-0.2, 0) is 0 Å². The largest absolute Gasteiger partial charge is 0.359 e. The first-order valence-corrected chi connectivity index (χ1v) is 3.30. The quantitative estimate of drug-likeness (QED) is 0.555. The number of nitrogens with zero attached hydrogens (tertiary/aromatic N) is 1. The fourth-order valence-electron chi connectivity index (χ4n) is 1.06. The predicted molar refractivity (Wildman–Crippen MR) is 44.0 cm³/mol. The van der Waals surface area contributed by atoms with Crippen LogP contribution in [0.15, 0.2) is 24.5 Å². The molecule has 0 spiro atoms. The van der Waals surface area contributed by atoms with E-state index in [4.69, 9.17) is 6.42 Å². The topological polar surface area (TPSA) is 28.7 Å². The van der Waals surface area contributed by atoms with Gasteiger partial charge in [-0.3, -0.25) is 4.98 Å². The number of pyridine rings is 1. The summed E-state index contributed by atoms with van der Waals surface area (Å²) in [6.45, 7) is 0. The Morgan fingerprint density at radius 2 is 2.45 bits per heavy atom. The van der Waals surface area contributed by atoms with E-state index in [0.717, 1.165) is 16.6 Å². The molecule has 0 atom stereocenters. The standard InChI is InChI=1S/C9H6N2/c1-2-7-6-11-8-4-3-5-10-9(7)8/h1,3-6,11H. The average molecular weight is 142 g/mol. The molecular weight excluding hydrogens is 136 g/mol. The molecule has 1 N–H and O–H groups in total. The highest BCUT2D eigenvalue weighted by molar-refractivity contribution is 5.81. The highest BCUT2D eigenvalue weighted by Gasteiger charge is 1.98. The van der Waals surface area contributed by atoms with Crippen LogP contribution in [0.3, 0.4) is 0 Å². The first kappa shape index (κ1) is 5.99. The Labute approximate surface area is 64.3 Å². The third-order valence-corrected chi connectivity index (χ3v) is 1.59. The number of rotatable bonds is 0. The Morgan fingerprint density at radius 1 is 1.55 bits per heavy atom. The van der Waals surface area contributed by atoms with Crippen molar-refractivity contribution in [3.05, 3.63) is 30.1 Å². The van der Waals surface area contributed by atoms with E-state index < -0.39 is 0 Å². The SMILES string of the molecule is C#Cc1c[nH]c2cccnc12. The third kappa shape index (κ3) is 0.786. The Kier molecular flexibility index (Phi) is 1.16. The second kappa shape index (κ2) is 2.14. The molecule has 0 aliphatic heterocycles. The molecule has 0 unspecified atom stereocenters. The van der Waals surface area contributed by atoms with Crippen molar-refractivity contribution in [2.75, 3.05) is 0 Å². The molecule has 52 valence electrons. The molecule has 2 aromatic heterocycles. The van der Waals surface area contributed by atoms with Crippen LogP contribution in [0.2, 0.25) is 0 Å². The van der Waals surface area contributed by atoms with E-state index in [1.165, 1.54) is 0 Å². The van der Waals surface area contributed by atoms with Gasteiger partial charge in [0.05, 0.1) is 11.1 Å². The van der Waals surface area contributed by atoms with E-state index in [1.807, 2.05) is 12.1 Å². The number of hydrogen-bond donors (Lipinski definition) is 1. The van der Waals surface area contributed by atoms with Gasteiger partial charge in [-0.2, -0.15) is 0 Å². The van der Waals surface area contributed by atoms with E-state index in [2.05, 4.69) is 15.9 Å². The normalized spacial score (nSPS) is 9.73. The van der Waals surface area contributed by atoms with E-state index in [-0.39, 0.29) is 0 Å². The molecule has 2 heterocycles. The maximum atomic E-state index is 5.25. The number of aromatic amines is 1. The molecule has 0 aliphatic rings. The van der Waals surface area contributed by atoms with Crippen LogP contribution in [0.4, 0.5) is 0 Å². The van der Waals surface area contributed by atoms with Gasteiger partial charge in [0, 0.05) is 12.4 Å². The van der Waals surface area contributed by atoms with Gasteiger partial charge in [-0.25, -0.2) is 0 Å². The van der Waals surface area contributed by atoms with Gasteiger partial charge < -0.3 is 4.98 Å². The minimum Gasteiger partial charge on any atom is -0.359 e. The number of H-pyrrole nitrogens is 1. The van der Waals surface area contributed by atoms with Gasteiger partial charge in [0.2, 0.25) is 0 Å². The Hall–Kier alpha value is -1.75. The maximum Gasteiger partial charge on any atom is 0.103 e. The maximum absolute atomic E-state index is 5.25. The van der Waals surface area contributed by atoms with Crippen molar-refractivity contribution in [1.82, 2.24) is 9.97 Å². The van der Waals surface area contributed by atoms with Gasteiger partial charge in [0.25, 0.3) is 0 Å². The van der Waals surface area contributed by atoms with Crippen molar-refractivity contribution in [3.8, 4) is 12.3 Å². The van der Waals surface area contributed by atoms with Gasteiger partial charge in [0.15, 0.2) is 0 Å². The van der Waals surface area contributed by atoms with Crippen molar-refractivity contribution in [3.63, 3.8) is 0 Å². The van der Waals surface area contributed by atoms with Crippen LogP contribution in [0, 0.1) is 12.3 Å². The van der Waals surface area contributed by atoms with E-state index in [9.17, 15) is 0 Å². The summed E-state index contributed by atoms with van der Waals surface area (Å²) >= 11 is 0. The van der Waals surface area contributed by atoms with Crippen LogP contribution in [-0.4, -0.2) is 9.97 Å². The summed E-state index contributed by atoms with van der Waals surface area (Å²) in [5.41, 5.74) is 2.68. The fourth-order valence-corrected chi connectivity index (χ4v) is 1.06. The van der Waals surface area contributed by atoms with Gasteiger partial charge >= 0.3 is 0 Å². The molecule has 0 radical (unpaired) electrons. The molecule has 0 saturated carbocycles. The number of fused-ring (bicyclic) bond motifs is 1. The second-order valence-electron chi connectivity index (χ2n) is 2.25. The van der Waals surface area contributed by atoms with Crippen molar-refractivity contribution < 1.29 is 0 Å². The fraction of sp³-hybridized carbons (Fsp3) is 0. The molecule has 2 aromatic rings. The van der Waals surface area contributed by atoms with E-state index in [1.54, 1.807) is 12.4 Å². The van der Waals surface area contributed by atoms with Crippen LogP contribution in [0.25, 0.3) is 11.0 Å². The van der Waals surface area contributed by atoms with Crippen molar-refractivity contribution in [2.45, 2.75) is 0 Å². The van der Waals surface area contributed by atoms with Crippen molar-refractivity contribution in [2.24, 2.45) is 0 Å². The molecule has 0 aliphatic carbocycles. The van der Waals surface area contributed by atoms with Crippen molar-refractivity contribution >= 4 is 11.0 Å². The number of terminal acetylenes is 1.